The van der Waals surface area contributed by atoms with Crippen molar-refractivity contribution < 1.29 is 4.92 Å². The molecule has 0 fully saturated rings. The standard InChI is InChI=1S/C15H15ClN2O2S/c1-2-10-17-13-4-3-5-14(15(13)18(19)20)21-12-8-6-11(16)7-9-12/h3-9,17H,2,10H2,1H3. The van der Waals surface area contributed by atoms with Gasteiger partial charge in [0, 0.05) is 16.5 Å². The monoisotopic (exact) mass is 322 g/mol. The predicted octanol–water partition coefficient (Wildman–Crippen LogP) is 5.22. The number of anilines is 1. The number of nitrogens with one attached hydrogen (secondary N) is 1. The Morgan fingerprint density at radius 3 is 2.57 bits per heavy atom. The Labute approximate surface area is 132 Å². The molecule has 0 aliphatic heterocycles. The molecule has 0 unspecified atom stereocenters. The molecule has 0 spiro atoms. The van der Waals surface area contributed by atoms with Gasteiger partial charge in [0.2, 0.25) is 0 Å². The van der Waals surface area contributed by atoms with Crippen LogP contribution in [0.5, 0.6) is 0 Å². The highest BCUT2D eigenvalue weighted by molar-refractivity contribution is 7.99. The molecule has 2 rings (SSSR count). The summed E-state index contributed by atoms with van der Waals surface area (Å²) in [6.45, 7) is 2.72. The molecule has 0 saturated heterocycles. The number of hydrogen-bond acceptors (Lipinski definition) is 4. The first-order valence-electron chi connectivity index (χ1n) is 6.56. The number of nitro groups is 1. The molecule has 0 bridgehead atoms. The molecular formula is C15H15ClN2O2S. The van der Waals surface area contributed by atoms with Crippen LogP contribution in [0.4, 0.5) is 11.4 Å². The molecule has 6 heteroatoms. The van der Waals surface area contributed by atoms with E-state index < -0.39 is 0 Å². The van der Waals surface area contributed by atoms with Gasteiger partial charge in [0.25, 0.3) is 0 Å². The molecule has 4 nitrogen and oxygen atoms in total. The van der Waals surface area contributed by atoms with Crippen LogP contribution in [0.2, 0.25) is 5.02 Å². The summed E-state index contributed by atoms with van der Waals surface area (Å²) in [5.74, 6) is 0. The van der Waals surface area contributed by atoms with E-state index in [2.05, 4.69) is 5.32 Å². The average Bonchev–Trinajstić information content (AvgIpc) is 2.47. The second-order valence-corrected chi connectivity index (χ2v) is 5.94. The maximum Gasteiger partial charge on any atom is 0.306 e. The van der Waals surface area contributed by atoms with Crippen molar-refractivity contribution in [3.63, 3.8) is 0 Å². The SMILES string of the molecule is CCCNc1cccc(Sc2ccc(Cl)cc2)c1[N+](=O)[O-]. The van der Waals surface area contributed by atoms with Crippen molar-refractivity contribution in [1.82, 2.24) is 0 Å². The normalized spacial score (nSPS) is 10.4. The quantitative estimate of drug-likeness (QED) is 0.585. The highest BCUT2D eigenvalue weighted by atomic mass is 35.5. The van der Waals surface area contributed by atoms with Crippen LogP contribution < -0.4 is 5.32 Å². The van der Waals surface area contributed by atoms with Gasteiger partial charge in [-0.3, -0.25) is 10.1 Å². The molecule has 0 aromatic heterocycles. The second kappa shape index (κ2) is 7.33. The van der Waals surface area contributed by atoms with Crippen molar-refractivity contribution in [2.45, 2.75) is 23.1 Å². The minimum atomic E-state index is -0.337. The van der Waals surface area contributed by atoms with E-state index in [0.717, 1.165) is 11.3 Å². The summed E-state index contributed by atoms with van der Waals surface area (Å²) in [5.41, 5.74) is 0.673. The van der Waals surface area contributed by atoms with Crippen molar-refractivity contribution >= 4 is 34.7 Å². The van der Waals surface area contributed by atoms with Crippen LogP contribution in [0.25, 0.3) is 0 Å². The Morgan fingerprint density at radius 2 is 1.95 bits per heavy atom. The number of halogens is 1. The average molecular weight is 323 g/mol. The smallest absolute Gasteiger partial charge is 0.306 e. The van der Waals surface area contributed by atoms with Gasteiger partial charge in [0.1, 0.15) is 5.69 Å². The maximum atomic E-state index is 11.4. The number of nitro benzene ring substituents is 1. The van der Waals surface area contributed by atoms with E-state index in [4.69, 9.17) is 11.6 Å². The lowest BCUT2D eigenvalue weighted by atomic mass is 10.2. The zero-order valence-electron chi connectivity index (χ0n) is 11.5. The minimum Gasteiger partial charge on any atom is -0.379 e. The third kappa shape index (κ3) is 4.12. The first-order valence-corrected chi connectivity index (χ1v) is 7.76. The van der Waals surface area contributed by atoms with Gasteiger partial charge < -0.3 is 5.32 Å². The van der Waals surface area contributed by atoms with E-state index in [1.54, 1.807) is 24.3 Å². The van der Waals surface area contributed by atoms with E-state index in [9.17, 15) is 10.1 Å². The lowest BCUT2D eigenvalue weighted by Gasteiger charge is -2.09. The molecule has 1 N–H and O–H groups in total. The number of para-hydroxylation sites is 1. The van der Waals surface area contributed by atoms with Gasteiger partial charge in [-0.1, -0.05) is 36.4 Å². The Balaban J connectivity index is 2.33. The number of hydrogen-bond donors (Lipinski definition) is 1. The van der Waals surface area contributed by atoms with Crippen molar-refractivity contribution in [2.24, 2.45) is 0 Å². The van der Waals surface area contributed by atoms with Crippen LogP contribution >= 0.6 is 23.4 Å². The van der Waals surface area contributed by atoms with Crippen LogP contribution in [-0.4, -0.2) is 11.5 Å². The summed E-state index contributed by atoms with van der Waals surface area (Å²) in [6.07, 6.45) is 0.908. The van der Waals surface area contributed by atoms with Crippen molar-refractivity contribution in [2.75, 3.05) is 11.9 Å². The molecule has 0 amide bonds. The molecule has 0 aliphatic carbocycles. The summed E-state index contributed by atoms with van der Waals surface area (Å²) >= 11 is 7.21. The van der Waals surface area contributed by atoms with E-state index in [1.807, 2.05) is 25.1 Å². The molecule has 0 radical (unpaired) electrons. The van der Waals surface area contributed by atoms with E-state index in [-0.39, 0.29) is 10.6 Å². The van der Waals surface area contributed by atoms with Crippen LogP contribution in [0.3, 0.4) is 0 Å². The van der Waals surface area contributed by atoms with Crippen molar-refractivity contribution in [1.29, 1.82) is 0 Å². The summed E-state index contributed by atoms with van der Waals surface area (Å²) in [7, 11) is 0. The summed E-state index contributed by atoms with van der Waals surface area (Å²) < 4.78 is 0. The van der Waals surface area contributed by atoms with Gasteiger partial charge in [-0.15, -0.1) is 0 Å². The second-order valence-electron chi connectivity index (χ2n) is 4.39. The first-order chi connectivity index (χ1) is 10.1. The van der Waals surface area contributed by atoms with Crippen LogP contribution in [0.15, 0.2) is 52.3 Å². The zero-order chi connectivity index (χ0) is 15.2. The highest BCUT2D eigenvalue weighted by Crippen LogP contribution is 2.39. The van der Waals surface area contributed by atoms with Crippen molar-refractivity contribution in [3.8, 4) is 0 Å². The Morgan fingerprint density at radius 1 is 1.24 bits per heavy atom. The van der Waals surface area contributed by atoms with Crippen LogP contribution in [0, 0.1) is 10.1 Å². The fourth-order valence-corrected chi connectivity index (χ4v) is 2.90. The number of nitrogens with zero attached hydrogens (tertiary/aromatic N) is 1. The van der Waals surface area contributed by atoms with Gasteiger partial charge in [0.05, 0.1) is 9.82 Å². The van der Waals surface area contributed by atoms with E-state index >= 15 is 0 Å². The molecule has 2 aromatic carbocycles. The van der Waals surface area contributed by atoms with Gasteiger partial charge in [0.15, 0.2) is 0 Å². The lowest BCUT2D eigenvalue weighted by molar-refractivity contribution is -0.386. The van der Waals surface area contributed by atoms with Gasteiger partial charge in [-0.2, -0.15) is 0 Å². The summed E-state index contributed by atoms with van der Waals surface area (Å²) in [6, 6.07) is 12.6. The maximum absolute atomic E-state index is 11.4. The third-order valence-electron chi connectivity index (χ3n) is 2.79. The fourth-order valence-electron chi connectivity index (χ4n) is 1.82. The summed E-state index contributed by atoms with van der Waals surface area (Å²) in [5, 5.41) is 15.1. The Kier molecular flexibility index (Phi) is 5.47. The van der Waals surface area contributed by atoms with Crippen LogP contribution in [-0.2, 0) is 0 Å². The Hall–Kier alpha value is -1.72. The molecule has 21 heavy (non-hydrogen) atoms. The van der Waals surface area contributed by atoms with Crippen LogP contribution in [0.1, 0.15) is 13.3 Å². The highest BCUT2D eigenvalue weighted by Gasteiger charge is 2.20. The lowest BCUT2D eigenvalue weighted by Crippen LogP contribution is -2.03. The topological polar surface area (TPSA) is 55.2 Å². The molecule has 2 aromatic rings. The van der Waals surface area contributed by atoms with E-state index in [1.165, 1.54) is 11.8 Å². The Bertz CT molecular complexity index is 632. The largest absolute Gasteiger partial charge is 0.379 e. The summed E-state index contributed by atoms with van der Waals surface area (Å²) in [4.78, 5) is 12.6. The molecule has 0 aliphatic rings. The van der Waals surface area contributed by atoms with Gasteiger partial charge in [-0.25, -0.2) is 0 Å². The zero-order valence-corrected chi connectivity index (χ0v) is 13.1. The van der Waals surface area contributed by atoms with E-state index in [0.29, 0.717) is 22.2 Å². The molecule has 110 valence electrons. The third-order valence-corrected chi connectivity index (χ3v) is 4.10. The molecule has 0 atom stereocenters. The van der Waals surface area contributed by atoms with Gasteiger partial charge >= 0.3 is 5.69 Å². The molecule has 0 saturated carbocycles. The molecular weight excluding hydrogens is 308 g/mol. The first kappa shape index (κ1) is 15.7. The number of benzene rings is 2. The van der Waals surface area contributed by atoms with Gasteiger partial charge in [-0.05, 0) is 42.8 Å². The van der Waals surface area contributed by atoms with Crippen molar-refractivity contribution in [3.05, 3.63) is 57.6 Å². The molecule has 0 heterocycles. The minimum absolute atomic E-state index is 0.117. The fraction of sp³-hybridized carbons (Fsp3) is 0.200. The number of rotatable bonds is 6. The predicted molar refractivity (Wildman–Crippen MR) is 87.5 cm³/mol.